The van der Waals surface area contributed by atoms with Gasteiger partial charge in [-0.2, -0.15) is 0 Å². The van der Waals surface area contributed by atoms with Crippen LogP contribution in [0.25, 0.3) is 11.1 Å². The number of amides is 2. The van der Waals surface area contributed by atoms with Gasteiger partial charge >= 0.3 is 0 Å². The first-order valence-corrected chi connectivity index (χ1v) is 8.98. The van der Waals surface area contributed by atoms with Crippen molar-refractivity contribution in [2.75, 3.05) is 6.54 Å². The average molecular weight is 375 g/mol. The van der Waals surface area contributed by atoms with E-state index in [4.69, 9.17) is 17.3 Å². The van der Waals surface area contributed by atoms with Crippen LogP contribution in [-0.4, -0.2) is 29.3 Å². The summed E-state index contributed by atoms with van der Waals surface area (Å²) in [5, 5.41) is 0.0387. The van der Waals surface area contributed by atoms with Crippen LogP contribution in [-0.2, 0) is 4.79 Å². The van der Waals surface area contributed by atoms with E-state index >= 15 is 0 Å². The molecule has 1 aliphatic heterocycles. The number of carbonyl (C=O) groups is 2. The van der Waals surface area contributed by atoms with Gasteiger partial charge in [0.15, 0.2) is 0 Å². The highest BCUT2D eigenvalue weighted by Crippen LogP contribution is 2.27. The van der Waals surface area contributed by atoms with E-state index in [-0.39, 0.29) is 23.4 Å². The molecule has 1 atom stereocenters. The summed E-state index contributed by atoms with van der Waals surface area (Å²) in [6.45, 7) is 0.614. The fraction of sp³-hybridized carbons (Fsp3) is 0.300. The molecule has 0 aliphatic carbocycles. The third kappa shape index (κ3) is 4.05. The maximum Gasteiger partial charge on any atom is 0.254 e. The van der Waals surface area contributed by atoms with Gasteiger partial charge in [-0.05, 0) is 54.7 Å². The Morgan fingerprint density at radius 3 is 2.65 bits per heavy atom. The molecule has 1 aliphatic rings. The number of halogens is 2. The smallest absolute Gasteiger partial charge is 0.254 e. The highest BCUT2D eigenvalue weighted by Gasteiger charge is 2.28. The van der Waals surface area contributed by atoms with Crippen LogP contribution in [0.15, 0.2) is 42.5 Å². The third-order valence-electron chi connectivity index (χ3n) is 4.69. The molecule has 1 fully saturated rings. The molecule has 3 rings (SSSR count). The number of nitrogens with zero attached hydrogens (tertiary/aromatic N) is 1. The second-order valence-corrected chi connectivity index (χ2v) is 6.94. The summed E-state index contributed by atoms with van der Waals surface area (Å²) in [7, 11) is 0. The van der Waals surface area contributed by atoms with Crippen LogP contribution in [0.1, 0.15) is 36.0 Å². The number of primary amides is 1. The molecule has 136 valence electrons. The molecule has 4 nitrogen and oxygen atoms in total. The van der Waals surface area contributed by atoms with Crippen molar-refractivity contribution in [2.45, 2.75) is 31.7 Å². The van der Waals surface area contributed by atoms with Crippen LogP contribution in [0.2, 0.25) is 5.02 Å². The molecule has 0 bridgehead atoms. The lowest BCUT2D eigenvalue weighted by molar-refractivity contribution is -0.119. The summed E-state index contributed by atoms with van der Waals surface area (Å²) >= 11 is 5.86. The van der Waals surface area contributed by atoms with E-state index in [1.54, 1.807) is 29.2 Å². The molecular formula is C20H20ClFN2O2. The second kappa shape index (κ2) is 7.87. The zero-order valence-electron chi connectivity index (χ0n) is 14.3. The Balaban J connectivity index is 1.87. The molecule has 26 heavy (non-hydrogen) atoms. The minimum absolute atomic E-state index is 0.0387. The summed E-state index contributed by atoms with van der Waals surface area (Å²) in [5.41, 5.74) is 7.37. The van der Waals surface area contributed by atoms with Crippen molar-refractivity contribution in [1.82, 2.24) is 4.90 Å². The Labute approximate surface area is 156 Å². The van der Waals surface area contributed by atoms with E-state index in [0.717, 1.165) is 30.4 Å². The van der Waals surface area contributed by atoms with Crippen LogP contribution in [0.3, 0.4) is 0 Å². The minimum atomic E-state index is -0.481. The number of benzene rings is 2. The summed E-state index contributed by atoms with van der Waals surface area (Å²) in [6, 6.07) is 11.5. The zero-order valence-corrected chi connectivity index (χ0v) is 15.0. The lowest BCUT2D eigenvalue weighted by atomic mass is 9.97. The Hall–Kier alpha value is -2.40. The molecule has 2 N–H and O–H groups in total. The van der Waals surface area contributed by atoms with E-state index in [1.165, 1.54) is 12.1 Å². The lowest BCUT2D eigenvalue weighted by Gasteiger charge is -2.35. The van der Waals surface area contributed by atoms with Crippen molar-refractivity contribution in [3.05, 3.63) is 58.9 Å². The van der Waals surface area contributed by atoms with Crippen molar-refractivity contribution in [2.24, 2.45) is 5.73 Å². The molecule has 1 heterocycles. The zero-order chi connectivity index (χ0) is 18.7. The van der Waals surface area contributed by atoms with Crippen LogP contribution < -0.4 is 5.73 Å². The minimum Gasteiger partial charge on any atom is -0.370 e. The van der Waals surface area contributed by atoms with E-state index in [9.17, 15) is 14.0 Å². The summed E-state index contributed by atoms with van der Waals surface area (Å²) in [5.74, 6) is -0.999. The summed E-state index contributed by atoms with van der Waals surface area (Å²) < 4.78 is 13.4. The molecule has 0 radical (unpaired) electrons. The Morgan fingerprint density at radius 2 is 1.92 bits per heavy atom. The maximum absolute atomic E-state index is 13.4. The van der Waals surface area contributed by atoms with Gasteiger partial charge in [0.1, 0.15) is 5.82 Å². The molecule has 6 heteroatoms. The van der Waals surface area contributed by atoms with Gasteiger partial charge in [0.2, 0.25) is 5.91 Å². The molecule has 1 saturated heterocycles. The van der Waals surface area contributed by atoms with Gasteiger partial charge < -0.3 is 10.6 Å². The molecule has 2 aromatic rings. The van der Waals surface area contributed by atoms with E-state index < -0.39 is 11.7 Å². The molecule has 0 unspecified atom stereocenters. The number of piperidine rings is 1. The van der Waals surface area contributed by atoms with Crippen LogP contribution in [0.5, 0.6) is 0 Å². The van der Waals surface area contributed by atoms with Gasteiger partial charge in [0.05, 0.1) is 5.02 Å². The number of likely N-dealkylation sites (tertiary alicyclic amines) is 1. The summed E-state index contributed by atoms with van der Waals surface area (Å²) in [6.07, 6.45) is 2.85. The van der Waals surface area contributed by atoms with Crippen LogP contribution >= 0.6 is 11.6 Å². The van der Waals surface area contributed by atoms with Crippen molar-refractivity contribution >= 4 is 23.4 Å². The third-order valence-corrected chi connectivity index (χ3v) is 4.98. The SMILES string of the molecule is NC(=O)C[C@@H]1CCCCN1C(=O)c1cccc(-c2ccc(F)c(Cl)c2)c1. The lowest BCUT2D eigenvalue weighted by Crippen LogP contribution is -2.45. The van der Waals surface area contributed by atoms with E-state index in [1.807, 2.05) is 6.07 Å². The highest BCUT2D eigenvalue weighted by molar-refractivity contribution is 6.31. The van der Waals surface area contributed by atoms with Gasteiger partial charge in [-0.15, -0.1) is 0 Å². The first kappa shape index (κ1) is 18.4. The fourth-order valence-corrected chi connectivity index (χ4v) is 3.57. The van der Waals surface area contributed by atoms with Gasteiger partial charge in [-0.25, -0.2) is 4.39 Å². The van der Waals surface area contributed by atoms with Gasteiger partial charge in [0.25, 0.3) is 5.91 Å². The quantitative estimate of drug-likeness (QED) is 0.878. The molecule has 0 aromatic heterocycles. The fourth-order valence-electron chi connectivity index (χ4n) is 3.39. The van der Waals surface area contributed by atoms with Crippen LogP contribution in [0.4, 0.5) is 4.39 Å². The number of rotatable bonds is 4. The largest absolute Gasteiger partial charge is 0.370 e. The standard InChI is InChI=1S/C20H20ClFN2O2/c21-17-11-14(7-8-18(17)22)13-4-3-5-15(10-13)20(26)24-9-2-1-6-16(24)12-19(23)25/h3-5,7-8,10-11,16H,1-2,6,9,12H2,(H2,23,25)/t16-/m0/s1. The Morgan fingerprint density at radius 1 is 1.15 bits per heavy atom. The predicted molar refractivity (Wildman–Crippen MR) is 99.3 cm³/mol. The van der Waals surface area contributed by atoms with Crippen LogP contribution in [0, 0.1) is 5.82 Å². The van der Waals surface area contributed by atoms with E-state index in [2.05, 4.69) is 0 Å². The normalized spacial score (nSPS) is 17.2. The Kier molecular flexibility index (Phi) is 5.57. The monoisotopic (exact) mass is 374 g/mol. The molecule has 2 amide bonds. The summed E-state index contributed by atoms with van der Waals surface area (Å²) in [4.78, 5) is 26.0. The number of nitrogens with two attached hydrogens (primary N) is 1. The number of carbonyl (C=O) groups excluding carboxylic acids is 2. The van der Waals surface area contributed by atoms with Crippen molar-refractivity contribution in [3.8, 4) is 11.1 Å². The first-order chi connectivity index (χ1) is 12.5. The molecule has 0 spiro atoms. The topological polar surface area (TPSA) is 63.4 Å². The second-order valence-electron chi connectivity index (χ2n) is 6.53. The van der Waals surface area contributed by atoms with Gasteiger partial charge in [0, 0.05) is 24.6 Å². The van der Waals surface area contributed by atoms with Gasteiger partial charge in [-0.3, -0.25) is 9.59 Å². The average Bonchev–Trinajstić information content (AvgIpc) is 2.63. The Bertz CT molecular complexity index is 840. The maximum atomic E-state index is 13.4. The predicted octanol–water partition coefficient (Wildman–Crippen LogP) is 4.02. The molecular weight excluding hydrogens is 355 g/mol. The van der Waals surface area contributed by atoms with Crippen molar-refractivity contribution < 1.29 is 14.0 Å². The van der Waals surface area contributed by atoms with Crippen molar-refractivity contribution in [1.29, 1.82) is 0 Å². The first-order valence-electron chi connectivity index (χ1n) is 8.60. The van der Waals surface area contributed by atoms with Crippen molar-refractivity contribution in [3.63, 3.8) is 0 Å². The molecule has 2 aromatic carbocycles. The van der Waals surface area contributed by atoms with Gasteiger partial charge in [-0.1, -0.05) is 29.8 Å². The highest BCUT2D eigenvalue weighted by atomic mass is 35.5. The molecule has 0 saturated carbocycles. The number of hydrogen-bond donors (Lipinski definition) is 1. The number of hydrogen-bond acceptors (Lipinski definition) is 2. The van der Waals surface area contributed by atoms with E-state index in [0.29, 0.717) is 12.1 Å².